The molecule has 0 saturated carbocycles. The molecule has 1 atom stereocenters. The van der Waals surface area contributed by atoms with Crippen LogP contribution in [0.3, 0.4) is 0 Å². The maximum absolute atomic E-state index is 5.91. The fourth-order valence-corrected chi connectivity index (χ4v) is 2.02. The highest BCUT2D eigenvalue weighted by Crippen LogP contribution is 2.20. The molecule has 132 valence electrons. The van der Waals surface area contributed by atoms with Crippen LogP contribution in [-0.2, 0) is 4.74 Å². The fraction of sp³-hybridized carbons (Fsp3) is 0.588. The van der Waals surface area contributed by atoms with Crippen molar-refractivity contribution < 1.29 is 4.74 Å². The molecule has 0 saturated heterocycles. The van der Waals surface area contributed by atoms with E-state index in [0.717, 1.165) is 31.8 Å². The number of nitrogens with one attached hydrogen (secondary N) is 1. The molecule has 1 rings (SSSR count). The molecule has 0 fully saturated rings. The zero-order valence-electron chi connectivity index (χ0n) is 14.7. The van der Waals surface area contributed by atoms with Gasteiger partial charge >= 0.3 is 0 Å². The number of halogens is 1. The Balaban J connectivity index is 0.00000484. The highest BCUT2D eigenvalue weighted by Gasteiger charge is 2.03. The summed E-state index contributed by atoms with van der Waals surface area (Å²) in [6.45, 7) is 7.60. The molecule has 0 aromatic heterocycles. The molecule has 0 aliphatic carbocycles. The number of nitrogens with zero attached hydrogens (tertiary/aromatic N) is 2. The first-order valence-corrected chi connectivity index (χ1v) is 7.91. The lowest BCUT2D eigenvalue weighted by Gasteiger charge is -2.14. The molecule has 3 N–H and O–H groups in total. The molecule has 1 aromatic rings. The average Bonchev–Trinajstić information content (AvgIpc) is 2.52. The van der Waals surface area contributed by atoms with Crippen LogP contribution in [0.5, 0.6) is 0 Å². The van der Waals surface area contributed by atoms with E-state index in [1.54, 1.807) is 7.11 Å². The largest absolute Gasteiger partial charge is 0.383 e. The zero-order valence-corrected chi connectivity index (χ0v) is 17.0. The molecule has 0 heterocycles. The number of anilines is 1. The van der Waals surface area contributed by atoms with E-state index >= 15 is 0 Å². The van der Waals surface area contributed by atoms with Crippen molar-refractivity contribution in [2.45, 2.75) is 26.2 Å². The number of likely N-dealkylation sites (N-methyl/N-ethyl adjacent to an activating group) is 1. The molecule has 23 heavy (non-hydrogen) atoms. The number of rotatable bonds is 9. The normalized spacial score (nSPS) is 12.8. The average molecular weight is 434 g/mol. The highest BCUT2D eigenvalue weighted by atomic mass is 127. The number of aliphatic imine (C=N–C) groups is 1. The van der Waals surface area contributed by atoms with E-state index < -0.39 is 0 Å². The minimum absolute atomic E-state index is 0. The van der Waals surface area contributed by atoms with Gasteiger partial charge < -0.3 is 20.7 Å². The van der Waals surface area contributed by atoms with E-state index in [9.17, 15) is 0 Å². The Morgan fingerprint density at radius 3 is 2.52 bits per heavy atom. The van der Waals surface area contributed by atoms with Gasteiger partial charge in [0.1, 0.15) is 0 Å². The van der Waals surface area contributed by atoms with Crippen LogP contribution in [0, 0.1) is 0 Å². The van der Waals surface area contributed by atoms with Crippen LogP contribution in [-0.4, -0.2) is 51.3 Å². The number of nitrogens with two attached hydrogens (primary N) is 1. The molecule has 0 aliphatic rings. The van der Waals surface area contributed by atoms with Crippen molar-refractivity contribution in [2.75, 3.05) is 45.7 Å². The van der Waals surface area contributed by atoms with Crippen LogP contribution in [0.2, 0.25) is 0 Å². The standard InChI is InChI=1S/C17H30N4O.HI/c1-5-14(2)15-6-8-16(9-7-15)20-17(18)19-10-11-21(3)12-13-22-4;/h6-9,14H,5,10-13H2,1-4H3,(H3,18,19,20);1H. The minimum Gasteiger partial charge on any atom is -0.383 e. The van der Waals surface area contributed by atoms with Crippen LogP contribution >= 0.6 is 24.0 Å². The Morgan fingerprint density at radius 2 is 1.96 bits per heavy atom. The Hall–Kier alpha value is -0.860. The summed E-state index contributed by atoms with van der Waals surface area (Å²) in [6.07, 6.45) is 1.15. The van der Waals surface area contributed by atoms with Gasteiger partial charge in [0.15, 0.2) is 5.96 Å². The Kier molecular flexibility index (Phi) is 12.1. The summed E-state index contributed by atoms with van der Waals surface area (Å²) in [7, 11) is 3.76. The monoisotopic (exact) mass is 434 g/mol. The summed E-state index contributed by atoms with van der Waals surface area (Å²) in [5.74, 6) is 1.04. The van der Waals surface area contributed by atoms with Gasteiger partial charge in [0.2, 0.25) is 0 Å². The molecule has 0 amide bonds. The number of methoxy groups -OCH3 is 1. The molecule has 1 aromatic carbocycles. The van der Waals surface area contributed by atoms with E-state index in [1.807, 2.05) is 7.05 Å². The number of hydrogen-bond acceptors (Lipinski definition) is 3. The third kappa shape index (κ3) is 9.12. The van der Waals surface area contributed by atoms with Crippen molar-refractivity contribution in [1.29, 1.82) is 0 Å². The van der Waals surface area contributed by atoms with Crippen LogP contribution in [0.25, 0.3) is 0 Å². The SMILES string of the molecule is CCC(C)c1ccc(NC(N)=NCCN(C)CCOC)cc1.I. The lowest BCUT2D eigenvalue weighted by Crippen LogP contribution is -2.28. The van der Waals surface area contributed by atoms with Crippen molar-refractivity contribution in [1.82, 2.24) is 4.90 Å². The first-order valence-electron chi connectivity index (χ1n) is 7.91. The molecule has 1 unspecified atom stereocenters. The van der Waals surface area contributed by atoms with Gasteiger partial charge in [-0.1, -0.05) is 26.0 Å². The Bertz CT molecular complexity index is 450. The van der Waals surface area contributed by atoms with E-state index in [-0.39, 0.29) is 24.0 Å². The third-order valence-corrected chi connectivity index (χ3v) is 3.81. The lowest BCUT2D eigenvalue weighted by molar-refractivity contribution is 0.163. The summed E-state index contributed by atoms with van der Waals surface area (Å²) < 4.78 is 5.04. The summed E-state index contributed by atoms with van der Waals surface area (Å²) in [5, 5.41) is 3.13. The first-order chi connectivity index (χ1) is 10.6. The number of hydrogen-bond donors (Lipinski definition) is 2. The second-order valence-electron chi connectivity index (χ2n) is 5.62. The van der Waals surface area contributed by atoms with E-state index in [2.05, 4.69) is 53.3 Å². The van der Waals surface area contributed by atoms with Gasteiger partial charge in [-0.2, -0.15) is 0 Å². The van der Waals surface area contributed by atoms with Gasteiger partial charge in [-0.25, -0.2) is 0 Å². The van der Waals surface area contributed by atoms with Gasteiger partial charge in [0, 0.05) is 25.9 Å². The summed E-state index contributed by atoms with van der Waals surface area (Å²) in [4.78, 5) is 6.51. The highest BCUT2D eigenvalue weighted by molar-refractivity contribution is 14.0. The van der Waals surface area contributed by atoms with E-state index in [0.29, 0.717) is 18.4 Å². The predicted molar refractivity (Wildman–Crippen MR) is 110 cm³/mol. The molecule has 5 nitrogen and oxygen atoms in total. The number of guanidine groups is 1. The topological polar surface area (TPSA) is 62.9 Å². The molecule has 0 spiro atoms. The summed E-state index contributed by atoms with van der Waals surface area (Å²) in [5.41, 5.74) is 8.24. The second-order valence-corrected chi connectivity index (χ2v) is 5.62. The number of benzene rings is 1. The van der Waals surface area contributed by atoms with Crippen molar-refractivity contribution in [3.63, 3.8) is 0 Å². The van der Waals surface area contributed by atoms with Gasteiger partial charge in [0.05, 0.1) is 13.2 Å². The zero-order chi connectivity index (χ0) is 16.4. The first kappa shape index (κ1) is 22.1. The maximum Gasteiger partial charge on any atom is 0.193 e. The van der Waals surface area contributed by atoms with E-state index in [1.165, 1.54) is 5.56 Å². The Labute approximate surface area is 157 Å². The van der Waals surface area contributed by atoms with Crippen LogP contribution in [0.1, 0.15) is 31.7 Å². The lowest BCUT2D eigenvalue weighted by atomic mass is 9.99. The van der Waals surface area contributed by atoms with Gasteiger partial charge in [-0.15, -0.1) is 24.0 Å². The molecular formula is C17H31IN4O. The minimum atomic E-state index is 0. The molecule has 0 bridgehead atoms. The molecule has 6 heteroatoms. The predicted octanol–water partition coefficient (Wildman–Crippen LogP) is 3.12. The smallest absolute Gasteiger partial charge is 0.193 e. The van der Waals surface area contributed by atoms with Crippen molar-refractivity contribution >= 4 is 35.6 Å². The van der Waals surface area contributed by atoms with E-state index in [4.69, 9.17) is 10.5 Å². The van der Waals surface area contributed by atoms with Crippen molar-refractivity contribution in [3.8, 4) is 0 Å². The van der Waals surface area contributed by atoms with Crippen LogP contribution < -0.4 is 11.1 Å². The van der Waals surface area contributed by atoms with Gasteiger partial charge in [0.25, 0.3) is 0 Å². The molecule has 0 aliphatic heterocycles. The van der Waals surface area contributed by atoms with Crippen LogP contribution in [0.4, 0.5) is 5.69 Å². The second kappa shape index (κ2) is 12.5. The van der Waals surface area contributed by atoms with Gasteiger partial charge in [-0.05, 0) is 37.1 Å². The van der Waals surface area contributed by atoms with Crippen LogP contribution in [0.15, 0.2) is 29.3 Å². The maximum atomic E-state index is 5.91. The van der Waals surface area contributed by atoms with Gasteiger partial charge in [-0.3, -0.25) is 4.99 Å². The molecule has 0 radical (unpaired) electrons. The number of ether oxygens (including phenoxy) is 1. The van der Waals surface area contributed by atoms with Crippen molar-refractivity contribution in [2.24, 2.45) is 10.7 Å². The fourth-order valence-electron chi connectivity index (χ4n) is 2.02. The Morgan fingerprint density at radius 1 is 1.30 bits per heavy atom. The summed E-state index contributed by atoms with van der Waals surface area (Å²) in [6, 6.07) is 8.38. The third-order valence-electron chi connectivity index (χ3n) is 3.81. The molecular weight excluding hydrogens is 403 g/mol. The quantitative estimate of drug-likeness (QED) is 0.356. The summed E-state index contributed by atoms with van der Waals surface area (Å²) >= 11 is 0. The van der Waals surface area contributed by atoms with Crippen molar-refractivity contribution in [3.05, 3.63) is 29.8 Å².